The zero-order valence-electron chi connectivity index (χ0n) is 10.9. The third-order valence-corrected chi connectivity index (χ3v) is 3.49. The van der Waals surface area contributed by atoms with Gasteiger partial charge < -0.3 is 0 Å². The van der Waals surface area contributed by atoms with Gasteiger partial charge in [-0.1, -0.05) is 0 Å². The highest BCUT2D eigenvalue weighted by molar-refractivity contribution is 9.10. The van der Waals surface area contributed by atoms with Crippen molar-refractivity contribution in [3.8, 4) is 0 Å². The fourth-order valence-electron chi connectivity index (χ4n) is 2.02. The van der Waals surface area contributed by atoms with Crippen LogP contribution in [0.1, 0.15) is 11.4 Å². The molecule has 0 amide bonds. The summed E-state index contributed by atoms with van der Waals surface area (Å²) in [5.74, 6) is 0.475. The van der Waals surface area contributed by atoms with E-state index in [1.54, 1.807) is 7.05 Å². The van der Waals surface area contributed by atoms with Gasteiger partial charge in [0.15, 0.2) is 5.82 Å². The second-order valence-electron chi connectivity index (χ2n) is 4.52. The Morgan fingerprint density at radius 1 is 1.35 bits per heavy atom. The van der Waals surface area contributed by atoms with E-state index in [0.717, 1.165) is 10.0 Å². The Morgan fingerprint density at radius 2 is 2.15 bits per heavy atom. The van der Waals surface area contributed by atoms with E-state index >= 15 is 0 Å². The number of hydrogen-bond acceptors (Lipinski definition) is 5. The van der Waals surface area contributed by atoms with Crippen molar-refractivity contribution in [1.82, 2.24) is 29.8 Å². The first-order valence-corrected chi connectivity index (χ1v) is 6.72. The standard InChI is InChI=1S/C12H11BrN6O/c1-7-3-8-11(9(13)4-7)14-6-19(12(8)20)5-10-15-17-18(2)16-10/h3-4,6H,5H2,1-2H3. The Kier molecular flexibility index (Phi) is 3.09. The normalized spacial score (nSPS) is 11.2. The van der Waals surface area contributed by atoms with E-state index in [4.69, 9.17) is 0 Å². The highest BCUT2D eigenvalue weighted by Crippen LogP contribution is 2.21. The second-order valence-corrected chi connectivity index (χ2v) is 5.37. The number of nitrogens with zero attached hydrogens (tertiary/aromatic N) is 6. The predicted molar refractivity (Wildman–Crippen MR) is 76.3 cm³/mol. The van der Waals surface area contributed by atoms with Crippen LogP contribution >= 0.6 is 15.9 Å². The number of fused-ring (bicyclic) bond motifs is 1. The molecule has 1 aromatic carbocycles. The molecule has 0 aliphatic rings. The van der Waals surface area contributed by atoms with Crippen molar-refractivity contribution in [2.45, 2.75) is 13.5 Å². The Morgan fingerprint density at radius 3 is 2.85 bits per heavy atom. The van der Waals surface area contributed by atoms with E-state index in [9.17, 15) is 4.79 Å². The van der Waals surface area contributed by atoms with Crippen molar-refractivity contribution < 1.29 is 0 Å². The van der Waals surface area contributed by atoms with Gasteiger partial charge in [-0.2, -0.15) is 4.80 Å². The van der Waals surface area contributed by atoms with Gasteiger partial charge in [0.25, 0.3) is 5.56 Å². The molecule has 0 bridgehead atoms. The molecule has 0 saturated heterocycles. The van der Waals surface area contributed by atoms with Gasteiger partial charge in [0.2, 0.25) is 0 Å². The largest absolute Gasteiger partial charge is 0.291 e. The number of hydrogen-bond donors (Lipinski definition) is 0. The van der Waals surface area contributed by atoms with Gasteiger partial charge in [-0.05, 0) is 45.8 Å². The lowest BCUT2D eigenvalue weighted by Crippen LogP contribution is -2.22. The average molecular weight is 335 g/mol. The molecule has 8 heteroatoms. The summed E-state index contributed by atoms with van der Waals surface area (Å²) in [4.78, 5) is 18.1. The molecule has 3 aromatic rings. The molecule has 2 aromatic heterocycles. The van der Waals surface area contributed by atoms with Gasteiger partial charge in [-0.25, -0.2) is 4.98 Å². The quantitative estimate of drug-likeness (QED) is 0.699. The topological polar surface area (TPSA) is 78.5 Å². The summed E-state index contributed by atoms with van der Waals surface area (Å²) in [6.45, 7) is 2.19. The zero-order chi connectivity index (χ0) is 14.3. The van der Waals surface area contributed by atoms with Gasteiger partial charge in [0.1, 0.15) is 0 Å². The molecule has 0 unspecified atom stereocenters. The van der Waals surface area contributed by atoms with Crippen molar-refractivity contribution in [2.24, 2.45) is 7.05 Å². The maximum Gasteiger partial charge on any atom is 0.261 e. The minimum atomic E-state index is -0.119. The first-order valence-electron chi connectivity index (χ1n) is 5.93. The molecule has 0 radical (unpaired) electrons. The Bertz CT molecular complexity index is 853. The molecule has 0 N–H and O–H groups in total. The maximum absolute atomic E-state index is 12.5. The molecule has 102 valence electrons. The smallest absolute Gasteiger partial charge is 0.261 e. The lowest BCUT2D eigenvalue weighted by atomic mass is 10.2. The van der Waals surface area contributed by atoms with E-state index in [0.29, 0.717) is 16.7 Å². The minimum absolute atomic E-state index is 0.119. The Hall–Kier alpha value is -2.09. The van der Waals surface area contributed by atoms with Gasteiger partial charge in [0, 0.05) is 4.47 Å². The molecule has 7 nitrogen and oxygen atoms in total. The van der Waals surface area contributed by atoms with Crippen LogP contribution in [0.3, 0.4) is 0 Å². The first-order chi connectivity index (χ1) is 9.54. The van der Waals surface area contributed by atoms with Crippen molar-refractivity contribution >= 4 is 26.8 Å². The molecular formula is C12H11BrN6O. The molecular weight excluding hydrogens is 324 g/mol. The van der Waals surface area contributed by atoms with E-state index in [1.807, 2.05) is 19.1 Å². The van der Waals surface area contributed by atoms with Gasteiger partial charge in [-0.15, -0.1) is 10.2 Å². The number of aryl methyl sites for hydroxylation is 2. The van der Waals surface area contributed by atoms with Gasteiger partial charge >= 0.3 is 0 Å². The molecule has 3 rings (SSSR count). The number of benzene rings is 1. The fourth-order valence-corrected chi connectivity index (χ4v) is 2.69. The average Bonchev–Trinajstić information content (AvgIpc) is 2.79. The van der Waals surface area contributed by atoms with Crippen LogP contribution in [0.15, 0.2) is 27.7 Å². The maximum atomic E-state index is 12.5. The molecule has 0 aliphatic carbocycles. The van der Waals surface area contributed by atoms with Crippen LogP contribution in [0.4, 0.5) is 0 Å². The van der Waals surface area contributed by atoms with Gasteiger partial charge in [0.05, 0.1) is 30.8 Å². The van der Waals surface area contributed by atoms with Crippen LogP contribution in [0, 0.1) is 6.92 Å². The third-order valence-electron chi connectivity index (χ3n) is 2.89. The summed E-state index contributed by atoms with van der Waals surface area (Å²) < 4.78 is 2.29. The lowest BCUT2D eigenvalue weighted by molar-refractivity contribution is 0.623. The van der Waals surface area contributed by atoms with Crippen LogP contribution < -0.4 is 5.56 Å². The Labute approximate surface area is 122 Å². The monoisotopic (exact) mass is 334 g/mol. The van der Waals surface area contributed by atoms with E-state index < -0.39 is 0 Å². The number of halogens is 1. The van der Waals surface area contributed by atoms with E-state index in [-0.39, 0.29) is 12.1 Å². The molecule has 20 heavy (non-hydrogen) atoms. The number of rotatable bonds is 2. The first kappa shape index (κ1) is 12.9. The van der Waals surface area contributed by atoms with Crippen molar-refractivity contribution in [2.75, 3.05) is 0 Å². The fraction of sp³-hybridized carbons (Fsp3) is 0.250. The molecule has 0 spiro atoms. The molecule has 0 atom stereocenters. The summed E-state index contributed by atoms with van der Waals surface area (Å²) in [5.41, 5.74) is 1.54. The summed E-state index contributed by atoms with van der Waals surface area (Å²) in [6.07, 6.45) is 1.50. The SMILES string of the molecule is Cc1cc(Br)c2ncn(Cc3nnn(C)n3)c(=O)c2c1. The van der Waals surface area contributed by atoms with Crippen LogP contribution in [-0.4, -0.2) is 29.8 Å². The summed E-state index contributed by atoms with van der Waals surface area (Å²) >= 11 is 3.43. The summed E-state index contributed by atoms with van der Waals surface area (Å²) in [6, 6.07) is 3.76. The van der Waals surface area contributed by atoms with Crippen molar-refractivity contribution in [3.05, 3.63) is 44.7 Å². The van der Waals surface area contributed by atoms with Crippen LogP contribution in [0.25, 0.3) is 10.9 Å². The number of tetrazole rings is 1. The zero-order valence-corrected chi connectivity index (χ0v) is 12.5. The summed E-state index contributed by atoms with van der Waals surface area (Å²) in [7, 11) is 1.68. The molecule has 0 fully saturated rings. The lowest BCUT2D eigenvalue weighted by Gasteiger charge is -2.06. The Balaban J connectivity index is 2.14. The molecule has 2 heterocycles. The van der Waals surface area contributed by atoms with E-state index in [2.05, 4.69) is 36.3 Å². The van der Waals surface area contributed by atoms with Crippen LogP contribution in [-0.2, 0) is 13.6 Å². The van der Waals surface area contributed by atoms with E-state index in [1.165, 1.54) is 15.7 Å². The minimum Gasteiger partial charge on any atom is -0.291 e. The summed E-state index contributed by atoms with van der Waals surface area (Å²) in [5, 5.41) is 12.3. The highest BCUT2D eigenvalue weighted by atomic mass is 79.9. The predicted octanol–water partition coefficient (Wildman–Crippen LogP) is 1.04. The number of aromatic nitrogens is 6. The molecule has 0 aliphatic heterocycles. The van der Waals surface area contributed by atoms with Crippen molar-refractivity contribution in [3.63, 3.8) is 0 Å². The molecule has 0 saturated carbocycles. The van der Waals surface area contributed by atoms with Gasteiger partial charge in [-0.3, -0.25) is 9.36 Å². The van der Waals surface area contributed by atoms with Crippen LogP contribution in [0.5, 0.6) is 0 Å². The van der Waals surface area contributed by atoms with Crippen molar-refractivity contribution in [1.29, 1.82) is 0 Å². The van der Waals surface area contributed by atoms with Crippen LogP contribution in [0.2, 0.25) is 0 Å². The third kappa shape index (κ3) is 2.22. The highest BCUT2D eigenvalue weighted by Gasteiger charge is 2.10. The second kappa shape index (κ2) is 4.78.